The smallest absolute Gasteiger partial charge is 0.273 e. The highest BCUT2D eigenvalue weighted by molar-refractivity contribution is 5.92. The molecule has 0 fully saturated rings. The molecule has 0 spiro atoms. The van der Waals surface area contributed by atoms with Crippen LogP contribution in [0.5, 0.6) is 0 Å². The number of hydrogen-bond acceptors (Lipinski definition) is 4. The van der Waals surface area contributed by atoms with Crippen molar-refractivity contribution in [1.82, 2.24) is 10.5 Å². The molecule has 0 aliphatic rings. The zero-order valence-electron chi connectivity index (χ0n) is 10.8. The molecule has 96 valence electrons. The topological polar surface area (TPSA) is 75.4 Å². The first-order valence-electron chi connectivity index (χ1n) is 5.71. The summed E-state index contributed by atoms with van der Waals surface area (Å²) in [4.78, 5) is 11.7. The van der Waals surface area contributed by atoms with Crippen LogP contribution in [0.25, 0.3) is 0 Å². The Morgan fingerprint density at radius 3 is 2.71 bits per heavy atom. The fraction of sp³-hybridized carbons (Fsp3) is 0.667. The summed E-state index contributed by atoms with van der Waals surface area (Å²) < 4.78 is 5.12. The number of carbonyl (C=O) groups is 1. The molecule has 1 unspecified atom stereocenters. The van der Waals surface area contributed by atoms with Gasteiger partial charge in [-0.2, -0.15) is 0 Å². The fourth-order valence-electron chi connectivity index (χ4n) is 1.16. The van der Waals surface area contributed by atoms with E-state index in [0.29, 0.717) is 12.3 Å². The maximum atomic E-state index is 11.7. The van der Waals surface area contributed by atoms with E-state index in [-0.39, 0.29) is 29.5 Å². The minimum Gasteiger partial charge on any atom is -0.396 e. The zero-order chi connectivity index (χ0) is 13.1. The second kappa shape index (κ2) is 5.31. The van der Waals surface area contributed by atoms with Crippen LogP contribution in [-0.4, -0.2) is 29.3 Å². The van der Waals surface area contributed by atoms with Crippen LogP contribution >= 0.6 is 0 Å². The highest BCUT2D eigenvalue weighted by Gasteiger charge is 2.22. The van der Waals surface area contributed by atoms with Gasteiger partial charge >= 0.3 is 0 Å². The lowest BCUT2D eigenvalue weighted by Gasteiger charge is -2.12. The predicted octanol–water partition coefficient (Wildman–Crippen LogP) is 1.33. The van der Waals surface area contributed by atoms with Crippen LogP contribution < -0.4 is 5.32 Å². The Balaban J connectivity index is 2.61. The third-order valence-corrected chi connectivity index (χ3v) is 2.40. The van der Waals surface area contributed by atoms with Gasteiger partial charge in [0.1, 0.15) is 5.76 Å². The number of aliphatic hydroxyl groups excluding tert-OH is 1. The van der Waals surface area contributed by atoms with Gasteiger partial charge in [-0.1, -0.05) is 32.9 Å². The molecule has 0 saturated heterocycles. The molecule has 1 amide bonds. The SMILES string of the molecule is CC(CO)CNC(=O)c1cc(C(C)(C)C)on1. The van der Waals surface area contributed by atoms with E-state index in [1.165, 1.54) is 0 Å². The summed E-state index contributed by atoms with van der Waals surface area (Å²) in [6.07, 6.45) is 0. The Bertz CT molecular complexity index is 379. The molecular weight excluding hydrogens is 220 g/mol. The van der Waals surface area contributed by atoms with E-state index >= 15 is 0 Å². The van der Waals surface area contributed by atoms with Gasteiger partial charge in [-0.3, -0.25) is 4.79 Å². The van der Waals surface area contributed by atoms with Crippen LogP contribution in [0.1, 0.15) is 43.9 Å². The first-order valence-corrected chi connectivity index (χ1v) is 5.71. The average molecular weight is 240 g/mol. The van der Waals surface area contributed by atoms with Gasteiger partial charge in [-0.15, -0.1) is 0 Å². The van der Waals surface area contributed by atoms with Gasteiger partial charge in [0.2, 0.25) is 0 Å². The largest absolute Gasteiger partial charge is 0.396 e. The third kappa shape index (κ3) is 3.85. The molecule has 0 aliphatic carbocycles. The molecule has 1 aromatic rings. The molecule has 0 aromatic carbocycles. The number of aromatic nitrogens is 1. The predicted molar refractivity (Wildman–Crippen MR) is 63.8 cm³/mol. The molecule has 17 heavy (non-hydrogen) atoms. The Labute approximate surface area is 101 Å². The highest BCUT2D eigenvalue weighted by atomic mass is 16.5. The van der Waals surface area contributed by atoms with Crippen LogP contribution in [0, 0.1) is 5.92 Å². The number of aliphatic hydroxyl groups is 1. The lowest BCUT2D eigenvalue weighted by atomic mass is 9.93. The highest BCUT2D eigenvalue weighted by Crippen LogP contribution is 2.22. The van der Waals surface area contributed by atoms with Crippen molar-refractivity contribution in [2.45, 2.75) is 33.1 Å². The second-order valence-electron chi connectivity index (χ2n) is 5.32. The second-order valence-corrected chi connectivity index (χ2v) is 5.32. The van der Waals surface area contributed by atoms with Crippen molar-refractivity contribution in [3.05, 3.63) is 17.5 Å². The van der Waals surface area contributed by atoms with Crippen LogP contribution in [0.2, 0.25) is 0 Å². The maximum absolute atomic E-state index is 11.7. The van der Waals surface area contributed by atoms with E-state index in [2.05, 4.69) is 10.5 Å². The third-order valence-electron chi connectivity index (χ3n) is 2.40. The van der Waals surface area contributed by atoms with Crippen molar-refractivity contribution in [2.75, 3.05) is 13.2 Å². The molecule has 2 N–H and O–H groups in total. The summed E-state index contributed by atoms with van der Waals surface area (Å²) in [6, 6.07) is 1.65. The molecule has 0 radical (unpaired) electrons. The minimum atomic E-state index is -0.274. The number of hydrogen-bond donors (Lipinski definition) is 2. The Kier molecular flexibility index (Phi) is 4.28. The molecule has 0 bridgehead atoms. The summed E-state index contributed by atoms with van der Waals surface area (Å²) in [5.74, 6) is 0.440. The number of nitrogens with zero attached hydrogens (tertiary/aromatic N) is 1. The van der Waals surface area contributed by atoms with Gasteiger partial charge in [0, 0.05) is 24.6 Å². The quantitative estimate of drug-likeness (QED) is 0.832. The fourth-order valence-corrected chi connectivity index (χ4v) is 1.16. The normalized spacial score (nSPS) is 13.5. The first-order chi connectivity index (χ1) is 7.84. The molecule has 1 heterocycles. The van der Waals surface area contributed by atoms with Gasteiger partial charge in [-0.25, -0.2) is 0 Å². The van der Waals surface area contributed by atoms with Crippen LogP contribution in [-0.2, 0) is 5.41 Å². The van der Waals surface area contributed by atoms with E-state index in [9.17, 15) is 4.79 Å². The first kappa shape index (κ1) is 13.7. The van der Waals surface area contributed by atoms with E-state index in [1.807, 2.05) is 27.7 Å². The number of carbonyl (C=O) groups excluding carboxylic acids is 1. The molecule has 5 heteroatoms. The monoisotopic (exact) mass is 240 g/mol. The van der Waals surface area contributed by atoms with E-state index < -0.39 is 0 Å². The summed E-state index contributed by atoms with van der Waals surface area (Å²) in [5.41, 5.74) is 0.115. The maximum Gasteiger partial charge on any atom is 0.273 e. The summed E-state index contributed by atoms with van der Waals surface area (Å²) >= 11 is 0. The summed E-state index contributed by atoms with van der Waals surface area (Å²) in [7, 11) is 0. The van der Waals surface area contributed by atoms with Gasteiger partial charge in [-0.05, 0) is 5.92 Å². The molecular formula is C12H20N2O3. The van der Waals surface area contributed by atoms with Crippen LogP contribution in [0.4, 0.5) is 0 Å². The molecule has 1 rings (SSSR count). The van der Waals surface area contributed by atoms with Crippen molar-refractivity contribution in [3.8, 4) is 0 Å². The Morgan fingerprint density at radius 1 is 1.59 bits per heavy atom. The zero-order valence-corrected chi connectivity index (χ0v) is 10.8. The summed E-state index contributed by atoms with van der Waals surface area (Å²) in [6.45, 7) is 8.29. The number of nitrogens with one attached hydrogen (secondary N) is 1. The number of amides is 1. The standard InChI is InChI=1S/C12H20N2O3/c1-8(7-15)6-13-11(16)9-5-10(17-14-9)12(2,3)4/h5,8,15H,6-7H2,1-4H3,(H,13,16). The van der Waals surface area contributed by atoms with Gasteiger partial charge in [0.25, 0.3) is 5.91 Å². The lowest BCUT2D eigenvalue weighted by Crippen LogP contribution is -2.29. The van der Waals surface area contributed by atoms with Gasteiger partial charge in [0.05, 0.1) is 0 Å². The minimum absolute atomic E-state index is 0.0351. The van der Waals surface area contributed by atoms with Crippen molar-refractivity contribution < 1.29 is 14.4 Å². The van der Waals surface area contributed by atoms with Crippen molar-refractivity contribution >= 4 is 5.91 Å². The molecule has 5 nitrogen and oxygen atoms in total. The van der Waals surface area contributed by atoms with Crippen molar-refractivity contribution in [3.63, 3.8) is 0 Å². The van der Waals surface area contributed by atoms with E-state index in [4.69, 9.17) is 9.63 Å². The Morgan fingerprint density at radius 2 is 2.24 bits per heavy atom. The molecule has 0 aliphatic heterocycles. The summed E-state index contributed by atoms with van der Waals surface area (Å²) in [5, 5.41) is 15.3. The lowest BCUT2D eigenvalue weighted by molar-refractivity contribution is 0.0933. The average Bonchev–Trinajstić information content (AvgIpc) is 2.74. The van der Waals surface area contributed by atoms with Crippen molar-refractivity contribution in [2.24, 2.45) is 5.92 Å². The van der Waals surface area contributed by atoms with Gasteiger partial charge < -0.3 is 14.9 Å². The van der Waals surface area contributed by atoms with E-state index in [0.717, 1.165) is 0 Å². The number of rotatable bonds is 4. The van der Waals surface area contributed by atoms with Crippen LogP contribution in [0.15, 0.2) is 10.6 Å². The molecule has 0 saturated carbocycles. The molecule has 1 aromatic heterocycles. The Hall–Kier alpha value is -1.36. The van der Waals surface area contributed by atoms with E-state index in [1.54, 1.807) is 6.07 Å². The van der Waals surface area contributed by atoms with Crippen LogP contribution in [0.3, 0.4) is 0 Å². The van der Waals surface area contributed by atoms with Gasteiger partial charge in [0.15, 0.2) is 5.69 Å². The molecule has 1 atom stereocenters. The van der Waals surface area contributed by atoms with Crippen molar-refractivity contribution in [1.29, 1.82) is 0 Å².